The number of benzene rings is 2. The fraction of sp³-hybridized carbons (Fsp3) is 0.0714. The molecule has 0 unspecified atom stereocenters. The van der Waals surface area contributed by atoms with Gasteiger partial charge in [0.25, 0.3) is 0 Å². The van der Waals surface area contributed by atoms with E-state index in [4.69, 9.17) is 0 Å². The Kier molecular flexibility index (Phi) is 6.66. The average molecular weight is 402 g/mol. The smallest absolute Gasteiger partial charge is 0.165 e. The molecule has 0 aliphatic rings. The van der Waals surface area contributed by atoms with Gasteiger partial charge in [-0.1, -0.05) is 11.8 Å². The van der Waals surface area contributed by atoms with E-state index >= 15 is 0 Å². The van der Waals surface area contributed by atoms with E-state index in [1.165, 1.54) is 11.8 Å². The van der Waals surface area contributed by atoms with Gasteiger partial charge in [0.05, 0.1) is 5.69 Å². The second-order valence-electron chi connectivity index (χ2n) is 3.81. The van der Waals surface area contributed by atoms with E-state index in [0.29, 0.717) is 0 Å². The quantitative estimate of drug-likeness (QED) is 0.305. The molecule has 6 heteroatoms. The van der Waals surface area contributed by atoms with Gasteiger partial charge in [-0.25, -0.2) is 4.99 Å². The summed E-state index contributed by atoms with van der Waals surface area (Å²) in [6.45, 7) is 0. The fourth-order valence-electron chi connectivity index (χ4n) is 1.44. The Morgan fingerprint density at radius 3 is 1.95 bits per heavy atom. The van der Waals surface area contributed by atoms with Crippen LogP contribution in [0.4, 0.5) is 11.4 Å². The van der Waals surface area contributed by atoms with Crippen LogP contribution in [-0.4, -0.2) is 21.6 Å². The molecule has 20 heavy (non-hydrogen) atoms. The lowest BCUT2D eigenvalue weighted by molar-refractivity contribution is 0.475. The highest BCUT2D eigenvalue weighted by molar-refractivity contribution is 14.0. The Hall–Kier alpha value is -1.41. The highest BCUT2D eigenvalue weighted by atomic mass is 127. The first-order valence-electron chi connectivity index (χ1n) is 5.65. The van der Waals surface area contributed by atoms with Crippen molar-refractivity contribution < 1.29 is 10.2 Å². The summed E-state index contributed by atoms with van der Waals surface area (Å²) in [5, 5.41) is 22.3. The molecule has 0 fully saturated rings. The summed E-state index contributed by atoms with van der Waals surface area (Å²) in [4.78, 5) is 4.43. The van der Waals surface area contributed by atoms with Crippen molar-refractivity contribution >= 4 is 52.3 Å². The number of phenolic OH excluding ortho intramolecular Hbond substituents is 2. The maximum Gasteiger partial charge on any atom is 0.165 e. The Morgan fingerprint density at radius 1 is 0.950 bits per heavy atom. The standard InChI is InChI=1S/C14H14N2O2S.HI/c1-19-14(15-10-2-6-12(17)7-3-10)16-11-4-8-13(18)9-5-11;/h2-9,17-18H,1H3,(H,15,16);1H. The highest BCUT2D eigenvalue weighted by Gasteiger charge is 2.00. The number of halogens is 1. The lowest BCUT2D eigenvalue weighted by atomic mass is 10.3. The normalized spacial score (nSPS) is 10.8. The number of aliphatic imine (C=N–C) groups is 1. The molecule has 0 aromatic heterocycles. The SMILES string of the molecule is CSC(=Nc1ccc(O)cc1)Nc1ccc(O)cc1.I. The number of thioether (sulfide) groups is 1. The molecule has 4 nitrogen and oxygen atoms in total. The third kappa shape index (κ3) is 4.93. The van der Waals surface area contributed by atoms with Crippen LogP contribution in [0.2, 0.25) is 0 Å². The summed E-state index contributed by atoms with van der Waals surface area (Å²) in [6.07, 6.45) is 1.92. The zero-order chi connectivity index (χ0) is 13.7. The van der Waals surface area contributed by atoms with E-state index in [1.54, 1.807) is 48.5 Å². The molecule has 0 saturated heterocycles. The van der Waals surface area contributed by atoms with Crippen LogP contribution in [0.15, 0.2) is 53.5 Å². The van der Waals surface area contributed by atoms with Crippen LogP contribution in [0.3, 0.4) is 0 Å². The van der Waals surface area contributed by atoms with E-state index in [1.807, 2.05) is 6.26 Å². The van der Waals surface area contributed by atoms with Crippen LogP contribution in [-0.2, 0) is 0 Å². The molecular weight excluding hydrogens is 387 g/mol. The highest BCUT2D eigenvalue weighted by Crippen LogP contribution is 2.20. The lowest BCUT2D eigenvalue weighted by Gasteiger charge is -2.07. The van der Waals surface area contributed by atoms with Crippen LogP contribution in [0.5, 0.6) is 11.5 Å². The first-order chi connectivity index (χ1) is 9.17. The van der Waals surface area contributed by atoms with E-state index in [-0.39, 0.29) is 35.5 Å². The van der Waals surface area contributed by atoms with Gasteiger partial charge in [0, 0.05) is 5.69 Å². The number of rotatable bonds is 2. The van der Waals surface area contributed by atoms with Crippen LogP contribution in [0.25, 0.3) is 0 Å². The fourth-order valence-corrected chi connectivity index (χ4v) is 1.85. The van der Waals surface area contributed by atoms with E-state index in [9.17, 15) is 10.2 Å². The van der Waals surface area contributed by atoms with E-state index in [0.717, 1.165) is 16.5 Å². The van der Waals surface area contributed by atoms with Gasteiger partial charge in [-0.15, -0.1) is 24.0 Å². The molecule has 0 heterocycles. The summed E-state index contributed by atoms with van der Waals surface area (Å²) in [5.74, 6) is 0.447. The predicted octanol–water partition coefficient (Wildman–Crippen LogP) is 4.18. The van der Waals surface area contributed by atoms with Gasteiger partial charge in [-0.2, -0.15) is 0 Å². The topological polar surface area (TPSA) is 64.9 Å². The van der Waals surface area contributed by atoms with Crippen LogP contribution in [0, 0.1) is 0 Å². The molecular formula is C14H15IN2O2S. The monoisotopic (exact) mass is 402 g/mol. The Labute approximate surface area is 139 Å². The molecule has 0 aliphatic heterocycles. The number of nitrogens with zero attached hydrogens (tertiary/aromatic N) is 1. The number of hydrogen-bond acceptors (Lipinski definition) is 4. The van der Waals surface area contributed by atoms with Crippen LogP contribution >= 0.6 is 35.7 Å². The summed E-state index contributed by atoms with van der Waals surface area (Å²) in [6, 6.07) is 13.4. The second kappa shape index (κ2) is 8.01. The predicted molar refractivity (Wildman–Crippen MR) is 95.9 cm³/mol. The van der Waals surface area contributed by atoms with Gasteiger partial charge in [-0.3, -0.25) is 0 Å². The molecule has 0 saturated carbocycles. The first-order valence-corrected chi connectivity index (χ1v) is 6.87. The summed E-state index contributed by atoms with van der Waals surface area (Å²) in [7, 11) is 0. The molecule has 0 amide bonds. The minimum atomic E-state index is 0. The van der Waals surface area contributed by atoms with Gasteiger partial charge in [0.1, 0.15) is 11.5 Å². The van der Waals surface area contributed by atoms with Gasteiger partial charge in [-0.05, 0) is 54.8 Å². The summed E-state index contributed by atoms with van der Waals surface area (Å²) in [5.41, 5.74) is 1.61. The van der Waals surface area contributed by atoms with Crippen molar-refractivity contribution in [3.8, 4) is 11.5 Å². The zero-order valence-electron chi connectivity index (χ0n) is 10.8. The summed E-state index contributed by atoms with van der Waals surface area (Å²) >= 11 is 1.48. The number of phenols is 2. The minimum absolute atomic E-state index is 0. The van der Waals surface area contributed by atoms with Gasteiger partial charge < -0.3 is 15.5 Å². The Balaban J connectivity index is 0.00000200. The number of hydrogen-bond donors (Lipinski definition) is 3. The molecule has 0 spiro atoms. The number of anilines is 1. The van der Waals surface area contributed by atoms with Gasteiger partial charge in [0.15, 0.2) is 5.17 Å². The van der Waals surface area contributed by atoms with Crippen LogP contribution < -0.4 is 5.32 Å². The largest absolute Gasteiger partial charge is 0.508 e. The molecule has 106 valence electrons. The summed E-state index contributed by atoms with van der Waals surface area (Å²) < 4.78 is 0. The van der Waals surface area contributed by atoms with Gasteiger partial charge >= 0.3 is 0 Å². The second-order valence-corrected chi connectivity index (χ2v) is 4.60. The molecule has 0 atom stereocenters. The molecule has 2 aromatic carbocycles. The maximum absolute atomic E-state index is 9.22. The van der Waals surface area contributed by atoms with Crippen molar-refractivity contribution in [2.45, 2.75) is 0 Å². The molecule has 2 aromatic rings. The number of amidine groups is 1. The van der Waals surface area contributed by atoms with Crippen molar-refractivity contribution in [3.05, 3.63) is 48.5 Å². The van der Waals surface area contributed by atoms with E-state index < -0.39 is 0 Å². The number of nitrogens with one attached hydrogen (secondary N) is 1. The third-order valence-electron chi connectivity index (χ3n) is 2.39. The van der Waals surface area contributed by atoms with Crippen molar-refractivity contribution in [1.82, 2.24) is 0 Å². The Bertz CT molecular complexity index is 571. The molecule has 0 bridgehead atoms. The van der Waals surface area contributed by atoms with Crippen molar-refractivity contribution in [1.29, 1.82) is 0 Å². The molecule has 2 rings (SSSR count). The molecule has 3 N–H and O–H groups in total. The minimum Gasteiger partial charge on any atom is -0.508 e. The van der Waals surface area contributed by atoms with Crippen molar-refractivity contribution in [2.75, 3.05) is 11.6 Å². The maximum atomic E-state index is 9.22. The average Bonchev–Trinajstić information content (AvgIpc) is 2.43. The zero-order valence-corrected chi connectivity index (χ0v) is 13.9. The molecule has 0 radical (unpaired) electrons. The van der Waals surface area contributed by atoms with Crippen molar-refractivity contribution in [2.24, 2.45) is 4.99 Å². The Morgan fingerprint density at radius 2 is 1.45 bits per heavy atom. The van der Waals surface area contributed by atoms with Crippen LogP contribution in [0.1, 0.15) is 0 Å². The lowest BCUT2D eigenvalue weighted by Crippen LogP contribution is -2.06. The van der Waals surface area contributed by atoms with Crippen molar-refractivity contribution in [3.63, 3.8) is 0 Å². The third-order valence-corrected chi connectivity index (χ3v) is 2.97. The number of aromatic hydroxyl groups is 2. The van der Waals surface area contributed by atoms with E-state index in [2.05, 4.69) is 10.3 Å². The first kappa shape index (κ1) is 16.6. The molecule has 0 aliphatic carbocycles. The van der Waals surface area contributed by atoms with Gasteiger partial charge in [0.2, 0.25) is 0 Å².